The van der Waals surface area contributed by atoms with Gasteiger partial charge in [0.2, 0.25) is 5.91 Å². The number of allylic oxidation sites excluding steroid dienone is 21. The maximum Gasteiger partial charge on any atom is 0.306 e. The number of carbonyl (C=O) groups is 2. The molecule has 6 nitrogen and oxygen atoms in total. The molecule has 3 N–H and O–H groups in total. The summed E-state index contributed by atoms with van der Waals surface area (Å²) in [6.45, 7) is 6.15. The number of aliphatic hydroxyl groups is 2. The first-order chi connectivity index (χ1) is 30.5. The Hall–Kier alpha value is -4.00. The second kappa shape index (κ2) is 48.0. The molecule has 0 saturated carbocycles. The molecule has 0 aromatic rings. The van der Waals surface area contributed by atoms with Gasteiger partial charge in [-0.2, -0.15) is 0 Å². The summed E-state index contributed by atoms with van der Waals surface area (Å²) < 4.78 is 5.79. The van der Waals surface area contributed by atoms with E-state index in [-0.39, 0.29) is 31.3 Å². The van der Waals surface area contributed by atoms with Gasteiger partial charge in [-0.3, -0.25) is 9.59 Å². The quantitative estimate of drug-likeness (QED) is 0.0246. The molecule has 3 unspecified atom stereocenters. The fourth-order valence-corrected chi connectivity index (χ4v) is 6.45. The minimum Gasteiger partial charge on any atom is -0.458 e. The molecule has 348 valence electrons. The van der Waals surface area contributed by atoms with Gasteiger partial charge in [-0.25, -0.2) is 0 Å². The zero-order valence-corrected chi connectivity index (χ0v) is 39.4. The van der Waals surface area contributed by atoms with Gasteiger partial charge in [-0.1, -0.05) is 225 Å². The Balaban J connectivity index is 4.92. The summed E-state index contributed by atoms with van der Waals surface area (Å²) in [7, 11) is 0. The van der Waals surface area contributed by atoms with Gasteiger partial charge in [-0.05, 0) is 76.7 Å². The van der Waals surface area contributed by atoms with E-state index in [0.29, 0.717) is 19.3 Å². The number of hydrogen-bond donors (Lipinski definition) is 3. The fourth-order valence-electron chi connectivity index (χ4n) is 6.45. The van der Waals surface area contributed by atoms with Gasteiger partial charge in [0.15, 0.2) is 0 Å². The molecule has 0 fully saturated rings. The second-order valence-electron chi connectivity index (χ2n) is 15.9. The maximum absolute atomic E-state index is 13.1. The van der Waals surface area contributed by atoms with Crippen LogP contribution in [0.1, 0.15) is 181 Å². The molecule has 1 amide bonds. The van der Waals surface area contributed by atoms with Crippen LogP contribution in [-0.2, 0) is 14.3 Å². The molecular formula is C56H89NO5. The highest BCUT2D eigenvalue weighted by atomic mass is 16.5. The van der Waals surface area contributed by atoms with E-state index in [1.54, 1.807) is 6.08 Å². The van der Waals surface area contributed by atoms with E-state index in [4.69, 9.17) is 4.74 Å². The maximum atomic E-state index is 13.1. The Morgan fingerprint density at radius 2 is 0.968 bits per heavy atom. The molecule has 0 rings (SSSR count). The van der Waals surface area contributed by atoms with Crippen LogP contribution in [0.4, 0.5) is 0 Å². The third-order valence-electron chi connectivity index (χ3n) is 10.1. The summed E-state index contributed by atoms with van der Waals surface area (Å²) >= 11 is 0. The first-order valence-electron chi connectivity index (χ1n) is 24.5. The summed E-state index contributed by atoms with van der Waals surface area (Å²) in [5, 5.41) is 23.6. The van der Waals surface area contributed by atoms with Crippen LogP contribution in [0.15, 0.2) is 134 Å². The highest BCUT2D eigenvalue weighted by Gasteiger charge is 2.23. The SMILES string of the molecule is CC/C=C\C/C=C\C/C=C\C/C=C\C/C=C\C/C=C\C(CC(=O)NC(CO)C(O)CCCCCCCCCCCCC)OC(=O)CCCCC/C=C/C=C\C=C/C=C/C=C/CC. The van der Waals surface area contributed by atoms with E-state index in [1.807, 2.05) is 54.7 Å². The summed E-state index contributed by atoms with van der Waals surface area (Å²) in [6, 6.07) is -0.761. The van der Waals surface area contributed by atoms with Gasteiger partial charge in [0.25, 0.3) is 0 Å². The Morgan fingerprint density at radius 3 is 1.48 bits per heavy atom. The van der Waals surface area contributed by atoms with Gasteiger partial charge in [-0.15, -0.1) is 0 Å². The number of ether oxygens (including phenoxy) is 1. The number of nitrogens with one attached hydrogen (secondary N) is 1. The summed E-state index contributed by atoms with van der Waals surface area (Å²) in [6.07, 6.45) is 68.2. The number of hydrogen-bond acceptors (Lipinski definition) is 5. The van der Waals surface area contributed by atoms with Crippen molar-refractivity contribution in [2.45, 2.75) is 200 Å². The van der Waals surface area contributed by atoms with Crippen LogP contribution in [0.3, 0.4) is 0 Å². The van der Waals surface area contributed by atoms with Crippen LogP contribution in [0.5, 0.6) is 0 Å². The molecule has 0 radical (unpaired) electrons. The normalized spacial score (nSPS) is 14.5. The van der Waals surface area contributed by atoms with Crippen molar-refractivity contribution in [3.05, 3.63) is 134 Å². The van der Waals surface area contributed by atoms with Crippen molar-refractivity contribution in [3.63, 3.8) is 0 Å². The van der Waals surface area contributed by atoms with Crippen molar-refractivity contribution in [1.29, 1.82) is 0 Å². The molecule has 62 heavy (non-hydrogen) atoms. The fraction of sp³-hybridized carbons (Fsp3) is 0.571. The van der Waals surface area contributed by atoms with Crippen LogP contribution in [0, 0.1) is 0 Å². The smallest absolute Gasteiger partial charge is 0.306 e. The standard InChI is InChI=1S/C56H89NO5/c1-4-7-10-13-16-19-22-24-26-27-29-30-33-35-38-41-44-47-52(62-56(61)49-46-43-40-37-34-31-28-25-23-20-17-14-11-8-5-2)50-55(60)57-53(51-58)54(59)48-45-42-39-36-32-21-18-15-12-9-6-3/h7-8,10-11,14,16-17,19-20,23-26,28-31,34-35,38,44,47,52-54,58-59H,4-6,9,12-13,15,18,21-22,27,32-33,36-37,39-43,45-46,48-51H2,1-3H3,(H,57,60)/b10-7-,11-8+,17-14+,19-16-,23-20-,26-24-,28-25-,30-29-,34-31+,38-35-,47-44-. The molecule has 3 atom stereocenters. The zero-order chi connectivity index (χ0) is 45.2. The zero-order valence-electron chi connectivity index (χ0n) is 39.4. The molecule has 6 heteroatoms. The Morgan fingerprint density at radius 1 is 0.516 bits per heavy atom. The number of rotatable bonds is 41. The third kappa shape index (κ3) is 42.7. The van der Waals surface area contributed by atoms with Crippen LogP contribution in [0.25, 0.3) is 0 Å². The minimum absolute atomic E-state index is 0.0741. The third-order valence-corrected chi connectivity index (χ3v) is 10.1. The lowest BCUT2D eigenvalue weighted by atomic mass is 10.0. The van der Waals surface area contributed by atoms with Gasteiger partial charge < -0.3 is 20.3 Å². The number of esters is 1. The topological polar surface area (TPSA) is 95.9 Å². The van der Waals surface area contributed by atoms with Crippen LogP contribution in [-0.4, -0.2) is 46.9 Å². The first-order valence-corrected chi connectivity index (χ1v) is 24.5. The van der Waals surface area contributed by atoms with Crippen molar-refractivity contribution < 1.29 is 24.5 Å². The average molecular weight is 856 g/mol. The minimum atomic E-state index is -0.836. The van der Waals surface area contributed by atoms with E-state index in [2.05, 4.69) is 99.0 Å². The predicted octanol–water partition coefficient (Wildman–Crippen LogP) is 14.7. The van der Waals surface area contributed by atoms with Gasteiger partial charge in [0, 0.05) is 6.42 Å². The van der Waals surface area contributed by atoms with Crippen molar-refractivity contribution in [3.8, 4) is 0 Å². The van der Waals surface area contributed by atoms with Crippen molar-refractivity contribution in [2.75, 3.05) is 6.61 Å². The van der Waals surface area contributed by atoms with Gasteiger partial charge in [0.05, 0.1) is 25.2 Å². The number of amides is 1. The lowest BCUT2D eigenvalue weighted by Gasteiger charge is -2.23. The molecule has 0 bridgehead atoms. The lowest BCUT2D eigenvalue weighted by molar-refractivity contribution is -0.148. The Labute approximate surface area is 380 Å². The highest BCUT2D eigenvalue weighted by molar-refractivity contribution is 5.78. The number of carbonyl (C=O) groups excluding carboxylic acids is 2. The summed E-state index contributed by atoms with van der Waals surface area (Å²) in [4.78, 5) is 26.0. The van der Waals surface area contributed by atoms with Gasteiger partial charge >= 0.3 is 5.97 Å². The molecule has 0 aromatic carbocycles. The van der Waals surface area contributed by atoms with Crippen molar-refractivity contribution in [1.82, 2.24) is 5.32 Å². The molecule has 0 heterocycles. The molecule has 0 aromatic heterocycles. The summed E-state index contributed by atoms with van der Waals surface area (Å²) in [5.74, 6) is -0.696. The Kier molecular flexibility index (Phi) is 44.9. The monoisotopic (exact) mass is 856 g/mol. The number of aliphatic hydroxyl groups excluding tert-OH is 2. The van der Waals surface area contributed by atoms with E-state index in [0.717, 1.165) is 77.0 Å². The van der Waals surface area contributed by atoms with Crippen LogP contribution in [0.2, 0.25) is 0 Å². The van der Waals surface area contributed by atoms with Gasteiger partial charge in [0.1, 0.15) is 6.10 Å². The van der Waals surface area contributed by atoms with E-state index in [9.17, 15) is 19.8 Å². The average Bonchev–Trinajstić information content (AvgIpc) is 3.26. The number of unbranched alkanes of at least 4 members (excludes halogenated alkanes) is 13. The van der Waals surface area contributed by atoms with Crippen LogP contribution >= 0.6 is 0 Å². The molecule has 0 spiro atoms. The Bertz CT molecular complexity index is 1370. The largest absolute Gasteiger partial charge is 0.458 e. The first kappa shape index (κ1) is 58.0. The van der Waals surface area contributed by atoms with E-state index < -0.39 is 18.2 Å². The second-order valence-corrected chi connectivity index (χ2v) is 15.9. The summed E-state index contributed by atoms with van der Waals surface area (Å²) in [5.41, 5.74) is 0. The predicted molar refractivity (Wildman–Crippen MR) is 268 cm³/mol. The molecule has 0 aliphatic carbocycles. The van der Waals surface area contributed by atoms with E-state index >= 15 is 0 Å². The molecule has 0 aliphatic rings. The highest BCUT2D eigenvalue weighted by Crippen LogP contribution is 2.14. The molecule has 0 aliphatic heterocycles. The molecule has 0 saturated heterocycles. The van der Waals surface area contributed by atoms with Crippen molar-refractivity contribution >= 4 is 11.9 Å². The van der Waals surface area contributed by atoms with E-state index in [1.165, 1.54) is 51.4 Å². The lowest BCUT2D eigenvalue weighted by Crippen LogP contribution is -2.46. The molecular weight excluding hydrogens is 767 g/mol. The van der Waals surface area contributed by atoms with Crippen LogP contribution < -0.4 is 5.32 Å². The van der Waals surface area contributed by atoms with Crippen molar-refractivity contribution in [2.24, 2.45) is 0 Å².